The highest BCUT2D eigenvalue weighted by molar-refractivity contribution is 9.10. The third kappa shape index (κ3) is 4.27. The highest BCUT2D eigenvalue weighted by atomic mass is 79.9. The molecule has 0 aliphatic rings. The number of aromatic nitrogens is 2. The van der Waals surface area contributed by atoms with E-state index in [2.05, 4.69) is 26.3 Å². The number of anilines is 1. The van der Waals surface area contributed by atoms with Crippen LogP contribution in [0.5, 0.6) is 0 Å². The minimum Gasteiger partial charge on any atom is -0.308 e. The Morgan fingerprint density at radius 1 is 1.12 bits per heavy atom. The fourth-order valence-electron chi connectivity index (χ4n) is 2.11. The van der Waals surface area contributed by atoms with Crippen molar-refractivity contribution in [3.63, 3.8) is 0 Å². The Balaban J connectivity index is 1.62. The van der Waals surface area contributed by atoms with Crippen molar-refractivity contribution in [2.24, 2.45) is 0 Å². The third-order valence-electron chi connectivity index (χ3n) is 3.36. The fraction of sp³-hybridized carbons (Fsp3) is 0.111. The van der Waals surface area contributed by atoms with Gasteiger partial charge in [-0.25, -0.2) is 4.68 Å². The summed E-state index contributed by atoms with van der Waals surface area (Å²) in [6.07, 6.45) is 1.83. The number of thioether (sulfide) groups is 1. The van der Waals surface area contributed by atoms with E-state index in [1.165, 1.54) is 11.8 Å². The Hall–Kier alpha value is -2.05. The van der Waals surface area contributed by atoms with Gasteiger partial charge in [-0.05, 0) is 43.3 Å². The summed E-state index contributed by atoms with van der Waals surface area (Å²) in [5.74, 6) is 0.480. The van der Waals surface area contributed by atoms with Gasteiger partial charge in [-0.1, -0.05) is 34.1 Å². The molecule has 1 amide bonds. The predicted octanol–water partition coefficient (Wildman–Crippen LogP) is 4.75. The average Bonchev–Trinajstić information content (AvgIpc) is 3.06. The number of amides is 1. The smallest absolute Gasteiger partial charge is 0.238 e. The molecule has 3 aromatic rings. The summed E-state index contributed by atoms with van der Waals surface area (Å²) < 4.78 is 2.76. The molecule has 1 N–H and O–H groups in total. The van der Waals surface area contributed by atoms with Crippen molar-refractivity contribution in [1.82, 2.24) is 9.78 Å². The minimum absolute atomic E-state index is 0.0683. The van der Waals surface area contributed by atoms with Crippen molar-refractivity contribution >= 4 is 39.4 Å². The van der Waals surface area contributed by atoms with E-state index in [1.807, 2.05) is 67.7 Å². The zero-order valence-corrected chi connectivity index (χ0v) is 15.4. The van der Waals surface area contributed by atoms with Crippen molar-refractivity contribution < 1.29 is 4.79 Å². The Bertz CT molecular complexity index is 818. The second kappa shape index (κ2) is 7.68. The van der Waals surface area contributed by atoms with E-state index in [9.17, 15) is 4.79 Å². The highest BCUT2D eigenvalue weighted by Crippen LogP contribution is 2.25. The molecule has 1 heterocycles. The van der Waals surface area contributed by atoms with Gasteiger partial charge >= 0.3 is 0 Å². The topological polar surface area (TPSA) is 46.9 Å². The van der Waals surface area contributed by atoms with Gasteiger partial charge in [-0.3, -0.25) is 4.79 Å². The molecule has 0 aliphatic carbocycles. The summed E-state index contributed by atoms with van der Waals surface area (Å²) in [5.41, 5.74) is 0.954. The SMILES string of the molecule is CC(Sc1ccc(Br)cc1)C(=O)Nc1ccn(-c2ccccc2)n1. The van der Waals surface area contributed by atoms with Crippen molar-refractivity contribution in [1.29, 1.82) is 0 Å². The molecular formula is C18H16BrN3OS. The maximum absolute atomic E-state index is 12.3. The lowest BCUT2D eigenvalue weighted by Crippen LogP contribution is -2.22. The van der Waals surface area contributed by atoms with Crippen LogP contribution in [0.25, 0.3) is 5.69 Å². The molecule has 1 unspecified atom stereocenters. The zero-order chi connectivity index (χ0) is 16.9. The lowest BCUT2D eigenvalue weighted by atomic mass is 10.3. The normalized spacial score (nSPS) is 11.9. The minimum atomic E-state index is -0.215. The van der Waals surface area contributed by atoms with Crippen molar-refractivity contribution in [2.45, 2.75) is 17.1 Å². The van der Waals surface area contributed by atoms with Crippen LogP contribution in [0.3, 0.4) is 0 Å². The fourth-order valence-corrected chi connectivity index (χ4v) is 3.25. The Morgan fingerprint density at radius 2 is 1.83 bits per heavy atom. The van der Waals surface area contributed by atoms with Crippen molar-refractivity contribution in [3.05, 3.63) is 71.3 Å². The van der Waals surface area contributed by atoms with Crippen LogP contribution < -0.4 is 5.32 Å². The van der Waals surface area contributed by atoms with E-state index < -0.39 is 0 Å². The molecule has 0 saturated heterocycles. The van der Waals surface area contributed by atoms with Gasteiger partial charge in [0.25, 0.3) is 0 Å². The Kier molecular flexibility index (Phi) is 5.37. The number of nitrogens with one attached hydrogen (secondary N) is 1. The summed E-state index contributed by atoms with van der Waals surface area (Å²) in [6, 6.07) is 19.5. The lowest BCUT2D eigenvalue weighted by Gasteiger charge is -2.10. The third-order valence-corrected chi connectivity index (χ3v) is 5.00. The number of para-hydroxylation sites is 1. The van der Waals surface area contributed by atoms with E-state index in [0.29, 0.717) is 5.82 Å². The maximum atomic E-state index is 12.3. The maximum Gasteiger partial charge on any atom is 0.238 e. The molecule has 0 radical (unpaired) electrons. The zero-order valence-electron chi connectivity index (χ0n) is 13.0. The second-order valence-corrected chi connectivity index (χ2v) is 7.51. The van der Waals surface area contributed by atoms with E-state index in [-0.39, 0.29) is 11.2 Å². The van der Waals surface area contributed by atoms with Crippen molar-refractivity contribution in [3.8, 4) is 5.69 Å². The van der Waals surface area contributed by atoms with Crippen molar-refractivity contribution in [2.75, 3.05) is 5.32 Å². The highest BCUT2D eigenvalue weighted by Gasteiger charge is 2.15. The van der Waals surface area contributed by atoms with Gasteiger partial charge in [0.1, 0.15) is 0 Å². The summed E-state index contributed by atoms with van der Waals surface area (Å²) >= 11 is 4.92. The number of benzene rings is 2. The number of rotatable bonds is 5. The van der Waals surface area contributed by atoms with Gasteiger partial charge in [0.15, 0.2) is 5.82 Å². The summed E-state index contributed by atoms with van der Waals surface area (Å²) in [7, 11) is 0. The Labute approximate surface area is 153 Å². The number of carbonyl (C=O) groups excluding carboxylic acids is 1. The van der Waals surface area contributed by atoms with Crippen LogP contribution in [-0.2, 0) is 4.79 Å². The number of nitrogens with zero attached hydrogens (tertiary/aromatic N) is 2. The first-order valence-corrected chi connectivity index (χ1v) is 9.13. The average molecular weight is 402 g/mol. The summed E-state index contributed by atoms with van der Waals surface area (Å²) in [5, 5.41) is 7.04. The van der Waals surface area contributed by atoms with Gasteiger partial charge in [-0.15, -0.1) is 11.8 Å². The van der Waals surface area contributed by atoms with Crippen LogP contribution in [0, 0.1) is 0 Å². The predicted molar refractivity (Wildman–Crippen MR) is 102 cm³/mol. The molecule has 0 saturated carbocycles. The number of hydrogen-bond acceptors (Lipinski definition) is 3. The van der Waals surface area contributed by atoms with Crippen LogP contribution in [-0.4, -0.2) is 20.9 Å². The second-order valence-electron chi connectivity index (χ2n) is 5.18. The molecule has 1 atom stereocenters. The molecule has 0 spiro atoms. The standard InChI is InChI=1S/C18H16BrN3OS/c1-13(24-16-9-7-14(19)8-10-16)18(23)20-17-11-12-22(21-17)15-5-3-2-4-6-15/h2-13H,1H3,(H,20,21,23). The molecule has 6 heteroatoms. The van der Waals surface area contributed by atoms with Crippen LogP contribution >= 0.6 is 27.7 Å². The quantitative estimate of drug-likeness (QED) is 0.627. The van der Waals surface area contributed by atoms with Gasteiger partial charge in [0.05, 0.1) is 10.9 Å². The van der Waals surface area contributed by atoms with Gasteiger partial charge in [-0.2, -0.15) is 5.10 Å². The molecule has 1 aromatic heterocycles. The lowest BCUT2D eigenvalue weighted by molar-refractivity contribution is -0.115. The monoisotopic (exact) mass is 401 g/mol. The molecule has 2 aromatic carbocycles. The van der Waals surface area contributed by atoms with E-state index >= 15 is 0 Å². The molecule has 122 valence electrons. The van der Waals surface area contributed by atoms with Gasteiger partial charge in [0, 0.05) is 21.6 Å². The first-order chi connectivity index (χ1) is 11.6. The number of carbonyl (C=O) groups is 1. The van der Waals surface area contributed by atoms with E-state index in [0.717, 1.165) is 15.1 Å². The first kappa shape index (κ1) is 16.8. The molecule has 24 heavy (non-hydrogen) atoms. The molecule has 4 nitrogen and oxygen atoms in total. The number of halogens is 1. The van der Waals surface area contributed by atoms with Crippen LogP contribution in [0.1, 0.15) is 6.92 Å². The summed E-state index contributed by atoms with van der Waals surface area (Å²) in [4.78, 5) is 13.4. The molecular weight excluding hydrogens is 386 g/mol. The molecule has 0 bridgehead atoms. The van der Waals surface area contributed by atoms with Crippen LogP contribution in [0.15, 0.2) is 76.2 Å². The number of hydrogen-bond donors (Lipinski definition) is 1. The summed E-state index contributed by atoms with van der Waals surface area (Å²) in [6.45, 7) is 1.89. The van der Waals surface area contributed by atoms with Crippen LogP contribution in [0.4, 0.5) is 5.82 Å². The largest absolute Gasteiger partial charge is 0.308 e. The molecule has 0 aliphatic heterocycles. The molecule has 3 rings (SSSR count). The molecule has 0 fully saturated rings. The van der Waals surface area contributed by atoms with E-state index in [4.69, 9.17) is 0 Å². The van der Waals surface area contributed by atoms with E-state index in [1.54, 1.807) is 10.7 Å². The van der Waals surface area contributed by atoms with Crippen LogP contribution in [0.2, 0.25) is 0 Å². The first-order valence-electron chi connectivity index (χ1n) is 7.46. The Morgan fingerprint density at radius 3 is 2.54 bits per heavy atom. The van der Waals surface area contributed by atoms with Gasteiger partial charge in [0.2, 0.25) is 5.91 Å². The van der Waals surface area contributed by atoms with Gasteiger partial charge < -0.3 is 5.32 Å².